The van der Waals surface area contributed by atoms with Gasteiger partial charge in [0, 0.05) is 16.0 Å². The Hall–Kier alpha value is -1.39. The largest absolute Gasteiger partial charge is 0.506 e. The van der Waals surface area contributed by atoms with Crippen LogP contribution in [0.25, 0.3) is 0 Å². The number of hydrogen-bond donors (Lipinski definition) is 1. The molecule has 3 nitrogen and oxygen atoms in total. The molecule has 2 rings (SSSR count). The predicted molar refractivity (Wildman–Crippen MR) is 67.0 cm³/mol. The summed E-state index contributed by atoms with van der Waals surface area (Å²) in [5.74, 6) is 0.312. The zero-order chi connectivity index (χ0) is 12.4. The molecule has 0 saturated heterocycles. The van der Waals surface area contributed by atoms with Crippen LogP contribution in [0, 0.1) is 6.92 Å². The molecule has 88 valence electrons. The molecule has 0 saturated carbocycles. The minimum absolute atomic E-state index is 0.0706. The van der Waals surface area contributed by atoms with E-state index in [-0.39, 0.29) is 10.6 Å². The van der Waals surface area contributed by atoms with Crippen molar-refractivity contribution in [3.05, 3.63) is 51.5 Å². The van der Waals surface area contributed by atoms with Gasteiger partial charge in [0.05, 0.1) is 0 Å². The fraction of sp³-hybridized carbons (Fsp3) is 0.0833. The van der Waals surface area contributed by atoms with E-state index >= 15 is 0 Å². The molecule has 5 heteroatoms. The smallest absolute Gasteiger partial charge is 0.353 e. The van der Waals surface area contributed by atoms with E-state index in [1.54, 1.807) is 31.2 Å². The normalized spacial score (nSPS) is 10.5. The van der Waals surface area contributed by atoms with Crippen LogP contribution >= 0.6 is 23.4 Å². The monoisotopic (exact) mass is 268 g/mol. The third-order valence-corrected chi connectivity index (χ3v) is 3.39. The zero-order valence-corrected chi connectivity index (χ0v) is 10.5. The molecule has 1 aromatic carbocycles. The summed E-state index contributed by atoms with van der Waals surface area (Å²) in [6.45, 7) is 1.61. The molecule has 1 heterocycles. The van der Waals surface area contributed by atoms with Crippen molar-refractivity contribution < 1.29 is 9.52 Å². The van der Waals surface area contributed by atoms with Crippen molar-refractivity contribution in [1.29, 1.82) is 0 Å². The summed E-state index contributed by atoms with van der Waals surface area (Å²) in [6, 6.07) is 8.39. The van der Waals surface area contributed by atoms with E-state index in [1.165, 1.54) is 6.07 Å². The van der Waals surface area contributed by atoms with Crippen LogP contribution in [0.5, 0.6) is 5.75 Å². The van der Waals surface area contributed by atoms with Gasteiger partial charge in [0.25, 0.3) is 0 Å². The number of aryl methyl sites for hydroxylation is 1. The average molecular weight is 269 g/mol. The topological polar surface area (TPSA) is 50.4 Å². The van der Waals surface area contributed by atoms with Crippen LogP contribution < -0.4 is 5.63 Å². The van der Waals surface area contributed by atoms with Crippen LogP contribution in [-0.2, 0) is 0 Å². The van der Waals surface area contributed by atoms with Crippen LogP contribution in [0.15, 0.2) is 49.3 Å². The van der Waals surface area contributed by atoms with Crippen molar-refractivity contribution in [2.24, 2.45) is 0 Å². The molecule has 0 amide bonds. The van der Waals surface area contributed by atoms with Crippen LogP contribution in [0.2, 0.25) is 5.02 Å². The Labute approximate surface area is 107 Å². The second-order valence-corrected chi connectivity index (χ2v) is 4.94. The third-order valence-electron chi connectivity index (χ3n) is 2.05. The van der Waals surface area contributed by atoms with E-state index in [0.717, 1.165) is 16.7 Å². The van der Waals surface area contributed by atoms with Crippen LogP contribution in [-0.4, -0.2) is 5.11 Å². The molecule has 0 aliphatic rings. The molecule has 0 radical (unpaired) electrons. The van der Waals surface area contributed by atoms with Gasteiger partial charge in [-0.1, -0.05) is 23.4 Å². The fourth-order valence-corrected chi connectivity index (χ4v) is 2.22. The van der Waals surface area contributed by atoms with Crippen molar-refractivity contribution in [1.82, 2.24) is 0 Å². The third kappa shape index (κ3) is 2.84. The van der Waals surface area contributed by atoms with E-state index in [4.69, 9.17) is 16.0 Å². The molecule has 0 aliphatic heterocycles. The Kier molecular flexibility index (Phi) is 3.45. The Morgan fingerprint density at radius 3 is 2.53 bits per heavy atom. The Bertz CT molecular complexity index is 590. The van der Waals surface area contributed by atoms with Gasteiger partial charge in [-0.25, -0.2) is 4.79 Å². The summed E-state index contributed by atoms with van der Waals surface area (Å²) in [6.07, 6.45) is 0. The lowest BCUT2D eigenvalue weighted by molar-refractivity contribution is 0.412. The first-order chi connectivity index (χ1) is 8.06. The Morgan fingerprint density at radius 2 is 1.94 bits per heavy atom. The first kappa shape index (κ1) is 12.1. The Balaban J connectivity index is 2.36. The SMILES string of the molecule is Cc1cc(O)c(Sc2ccc(Cl)cc2)c(=O)o1. The molecule has 0 aliphatic carbocycles. The summed E-state index contributed by atoms with van der Waals surface area (Å²) >= 11 is 6.90. The van der Waals surface area contributed by atoms with E-state index in [9.17, 15) is 9.90 Å². The number of halogens is 1. The number of rotatable bonds is 2. The highest BCUT2D eigenvalue weighted by Crippen LogP contribution is 2.32. The summed E-state index contributed by atoms with van der Waals surface area (Å²) in [5, 5.41) is 10.3. The van der Waals surface area contributed by atoms with Gasteiger partial charge in [-0.3, -0.25) is 0 Å². The number of hydrogen-bond acceptors (Lipinski definition) is 4. The van der Waals surface area contributed by atoms with Crippen LogP contribution in [0.4, 0.5) is 0 Å². The molecule has 1 N–H and O–H groups in total. The molecule has 0 spiro atoms. The van der Waals surface area contributed by atoms with Gasteiger partial charge in [0.15, 0.2) is 0 Å². The van der Waals surface area contributed by atoms with E-state index < -0.39 is 5.63 Å². The van der Waals surface area contributed by atoms with Crippen molar-refractivity contribution in [2.45, 2.75) is 16.7 Å². The summed E-state index contributed by atoms with van der Waals surface area (Å²) < 4.78 is 4.92. The maximum absolute atomic E-state index is 11.6. The maximum Gasteiger partial charge on any atom is 0.353 e. The quantitative estimate of drug-likeness (QED) is 0.906. The second kappa shape index (κ2) is 4.85. The standard InChI is InChI=1S/C12H9ClO3S/c1-7-6-10(14)11(12(15)16-7)17-9-4-2-8(13)3-5-9/h2-6,14H,1H3. The van der Waals surface area contributed by atoms with E-state index in [0.29, 0.717) is 10.8 Å². The van der Waals surface area contributed by atoms with Gasteiger partial charge in [0.2, 0.25) is 0 Å². The molecular weight excluding hydrogens is 260 g/mol. The average Bonchev–Trinajstić information content (AvgIpc) is 2.26. The highest BCUT2D eigenvalue weighted by Gasteiger charge is 2.11. The minimum atomic E-state index is -0.539. The first-order valence-corrected chi connectivity index (χ1v) is 6.03. The molecule has 0 bridgehead atoms. The molecule has 0 unspecified atom stereocenters. The van der Waals surface area contributed by atoms with Crippen LogP contribution in [0.1, 0.15) is 5.76 Å². The van der Waals surface area contributed by atoms with Crippen LogP contribution in [0.3, 0.4) is 0 Å². The Morgan fingerprint density at radius 1 is 1.29 bits per heavy atom. The summed E-state index contributed by atoms with van der Waals surface area (Å²) in [4.78, 5) is 12.5. The fourth-order valence-electron chi connectivity index (χ4n) is 1.30. The van der Waals surface area contributed by atoms with Gasteiger partial charge >= 0.3 is 5.63 Å². The first-order valence-electron chi connectivity index (χ1n) is 4.83. The highest BCUT2D eigenvalue weighted by atomic mass is 35.5. The van der Waals surface area contributed by atoms with Crippen molar-refractivity contribution >= 4 is 23.4 Å². The van der Waals surface area contributed by atoms with Gasteiger partial charge in [0.1, 0.15) is 16.4 Å². The van der Waals surface area contributed by atoms with Gasteiger partial charge in [-0.05, 0) is 31.2 Å². The summed E-state index contributed by atoms with van der Waals surface area (Å²) in [5.41, 5.74) is -0.539. The lowest BCUT2D eigenvalue weighted by atomic mass is 10.4. The number of benzene rings is 1. The van der Waals surface area contributed by atoms with Gasteiger partial charge in [-0.2, -0.15) is 0 Å². The molecule has 0 atom stereocenters. The number of aromatic hydroxyl groups is 1. The minimum Gasteiger partial charge on any atom is -0.506 e. The predicted octanol–water partition coefficient (Wildman–Crippen LogP) is 3.46. The second-order valence-electron chi connectivity index (χ2n) is 3.41. The molecular formula is C12H9ClO3S. The van der Waals surface area contributed by atoms with E-state index in [2.05, 4.69) is 0 Å². The lowest BCUT2D eigenvalue weighted by Gasteiger charge is -2.03. The molecule has 1 aromatic heterocycles. The van der Waals surface area contributed by atoms with Gasteiger partial charge in [-0.15, -0.1) is 0 Å². The molecule has 2 aromatic rings. The highest BCUT2D eigenvalue weighted by molar-refractivity contribution is 7.99. The maximum atomic E-state index is 11.6. The van der Waals surface area contributed by atoms with E-state index in [1.807, 2.05) is 0 Å². The summed E-state index contributed by atoms with van der Waals surface area (Å²) in [7, 11) is 0. The zero-order valence-electron chi connectivity index (χ0n) is 8.94. The van der Waals surface area contributed by atoms with Crippen molar-refractivity contribution in [3.8, 4) is 5.75 Å². The molecule has 0 fully saturated rings. The lowest BCUT2D eigenvalue weighted by Crippen LogP contribution is -2.02. The van der Waals surface area contributed by atoms with Gasteiger partial charge < -0.3 is 9.52 Å². The van der Waals surface area contributed by atoms with Crippen molar-refractivity contribution in [2.75, 3.05) is 0 Å². The van der Waals surface area contributed by atoms with Crippen molar-refractivity contribution in [3.63, 3.8) is 0 Å². The molecule has 17 heavy (non-hydrogen) atoms.